The summed E-state index contributed by atoms with van der Waals surface area (Å²) in [5, 5.41) is 0.162. The van der Waals surface area contributed by atoms with Gasteiger partial charge in [-0.1, -0.05) is 33.7 Å². The molecule has 0 amide bonds. The minimum atomic E-state index is 0.162. The van der Waals surface area contributed by atoms with Crippen LogP contribution in [0.15, 0.2) is 22.2 Å². The molecule has 0 saturated carbocycles. The Labute approximate surface area is 68.7 Å². The molecule has 0 N–H and O–H groups in total. The molecule has 0 saturated heterocycles. The third kappa shape index (κ3) is 1.84. The number of allylic oxidation sites excluding steroid dienone is 4. The normalized spacial score (nSPS) is 27.2. The first-order valence-electron chi connectivity index (χ1n) is 2.87. The van der Waals surface area contributed by atoms with Crippen molar-refractivity contribution in [1.29, 1.82) is 0 Å². The topological polar surface area (TPSA) is 0 Å². The van der Waals surface area contributed by atoms with Gasteiger partial charge in [-0.3, -0.25) is 0 Å². The molecule has 0 spiro atoms. The van der Waals surface area contributed by atoms with Gasteiger partial charge >= 0.3 is 0 Å². The molecule has 0 radical (unpaired) electrons. The Morgan fingerprint density at radius 2 is 2.33 bits per heavy atom. The molecule has 1 unspecified atom stereocenters. The predicted octanol–water partition coefficient (Wildman–Crippen LogP) is 3.22. The molecule has 1 aliphatic carbocycles. The molecule has 0 aromatic rings. The second kappa shape index (κ2) is 2.89. The van der Waals surface area contributed by atoms with Gasteiger partial charge in [0.05, 0.1) is 5.38 Å². The average Bonchev–Trinajstić information content (AvgIpc) is 1.80. The van der Waals surface area contributed by atoms with Crippen LogP contribution in [0.3, 0.4) is 0 Å². The Hall–Kier alpha value is 0.250. The van der Waals surface area contributed by atoms with E-state index in [0.29, 0.717) is 0 Å². The van der Waals surface area contributed by atoms with Crippen LogP contribution in [0.2, 0.25) is 0 Å². The lowest BCUT2D eigenvalue weighted by molar-refractivity contribution is 0.960. The standard InChI is InChI=1S/C7H8BrCl/c1-5-2-3-6(8)7(9)4-5/h2-3,7H,4H2,1H3. The van der Waals surface area contributed by atoms with Crippen molar-refractivity contribution in [1.82, 2.24) is 0 Å². The summed E-state index contributed by atoms with van der Waals surface area (Å²) in [5.41, 5.74) is 1.35. The van der Waals surface area contributed by atoms with Crippen molar-refractivity contribution in [2.45, 2.75) is 18.7 Å². The minimum Gasteiger partial charge on any atom is -0.117 e. The number of alkyl halides is 1. The summed E-state index contributed by atoms with van der Waals surface area (Å²) in [7, 11) is 0. The maximum Gasteiger partial charge on any atom is 0.0687 e. The number of halogens is 2. The van der Waals surface area contributed by atoms with Gasteiger partial charge in [0.15, 0.2) is 0 Å². The zero-order chi connectivity index (χ0) is 6.85. The lowest BCUT2D eigenvalue weighted by atomic mass is 10.1. The highest BCUT2D eigenvalue weighted by atomic mass is 79.9. The van der Waals surface area contributed by atoms with Crippen molar-refractivity contribution >= 4 is 27.5 Å². The highest BCUT2D eigenvalue weighted by Gasteiger charge is 2.11. The van der Waals surface area contributed by atoms with Gasteiger partial charge in [-0.25, -0.2) is 0 Å². The van der Waals surface area contributed by atoms with E-state index < -0.39 is 0 Å². The van der Waals surface area contributed by atoms with Gasteiger partial charge in [-0.15, -0.1) is 11.6 Å². The Kier molecular flexibility index (Phi) is 2.36. The summed E-state index contributed by atoms with van der Waals surface area (Å²) in [6.07, 6.45) is 5.07. The summed E-state index contributed by atoms with van der Waals surface area (Å²) in [5.74, 6) is 0. The van der Waals surface area contributed by atoms with E-state index in [4.69, 9.17) is 11.6 Å². The van der Waals surface area contributed by atoms with Gasteiger partial charge in [-0.2, -0.15) is 0 Å². The molecule has 2 heteroatoms. The van der Waals surface area contributed by atoms with Crippen molar-refractivity contribution in [2.75, 3.05) is 0 Å². The molecule has 1 atom stereocenters. The molecule has 1 aliphatic rings. The van der Waals surface area contributed by atoms with Crippen molar-refractivity contribution in [3.63, 3.8) is 0 Å². The van der Waals surface area contributed by atoms with Crippen LogP contribution in [0.5, 0.6) is 0 Å². The molecule has 0 nitrogen and oxygen atoms in total. The van der Waals surface area contributed by atoms with Crippen molar-refractivity contribution < 1.29 is 0 Å². The number of hydrogen-bond donors (Lipinski definition) is 0. The maximum atomic E-state index is 5.91. The smallest absolute Gasteiger partial charge is 0.0687 e. The van der Waals surface area contributed by atoms with E-state index in [-0.39, 0.29) is 5.38 Å². The molecule has 50 valence electrons. The maximum absolute atomic E-state index is 5.91. The van der Waals surface area contributed by atoms with E-state index in [9.17, 15) is 0 Å². The average molecular weight is 207 g/mol. The van der Waals surface area contributed by atoms with E-state index in [1.807, 2.05) is 6.08 Å². The van der Waals surface area contributed by atoms with E-state index in [1.165, 1.54) is 5.57 Å². The van der Waals surface area contributed by atoms with Crippen molar-refractivity contribution in [3.8, 4) is 0 Å². The quantitative estimate of drug-likeness (QED) is 0.535. The molecule has 0 aromatic heterocycles. The second-order valence-corrected chi connectivity index (χ2v) is 3.68. The molecular weight excluding hydrogens is 199 g/mol. The number of rotatable bonds is 0. The highest BCUT2D eigenvalue weighted by Crippen LogP contribution is 2.27. The summed E-state index contributed by atoms with van der Waals surface area (Å²) in [4.78, 5) is 0. The van der Waals surface area contributed by atoms with Gasteiger partial charge in [0.2, 0.25) is 0 Å². The fourth-order valence-electron chi connectivity index (χ4n) is 0.775. The van der Waals surface area contributed by atoms with Crippen molar-refractivity contribution in [3.05, 3.63) is 22.2 Å². The zero-order valence-corrected chi connectivity index (χ0v) is 7.54. The van der Waals surface area contributed by atoms with Crippen LogP contribution in [0, 0.1) is 0 Å². The van der Waals surface area contributed by atoms with Crippen LogP contribution in [-0.4, -0.2) is 5.38 Å². The van der Waals surface area contributed by atoms with E-state index in [1.54, 1.807) is 0 Å². The lowest BCUT2D eigenvalue weighted by Gasteiger charge is -2.12. The largest absolute Gasteiger partial charge is 0.117 e. The van der Waals surface area contributed by atoms with Crippen LogP contribution in [0.1, 0.15) is 13.3 Å². The molecule has 0 aliphatic heterocycles. The molecule has 0 fully saturated rings. The Balaban J connectivity index is 2.74. The summed E-state index contributed by atoms with van der Waals surface area (Å²) < 4.78 is 1.09. The molecule has 9 heavy (non-hydrogen) atoms. The molecule has 0 bridgehead atoms. The third-order valence-electron chi connectivity index (χ3n) is 1.33. The van der Waals surface area contributed by atoms with Gasteiger partial charge in [-0.05, 0) is 13.3 Å². The fraction of sp³-hybridized carbons (Fsp3) is 0.429. The lowest BCUT2D eigenvalue weighted by Crippen LogP contribution is -2.01. The molecular formula is C7H8BrCl. The van der Waals surface area contributed by atoms with Crippen molar-refractivity contribution in [2.24, 2.45) is 0 Å². The van der Waals surface area contributed by atoms with Gasteiger partial charge in [0.25, 0.3) is 0 Å². The van der Waals surface area contributed by atoms with Gasteiger partial charge in [0, 0.05) is 4.48 Å². The summed E-state index contributed by atoms with van der Waals surface area (Å²) >= 11 is 9.27. The van der Waals surface area contributed by atoms with E-state index >= 15 is 0 Å². The van der Waals surface area contributed by atoms with Crippen LogP contribution in [0.4, 0.5) is 0 Å². The first kappa shape index (κ1) is 7.36. The molecule has 1 rings (SSSR count). The first-order chi connectivity index (χ1) is 4.20. The van der Waals surface area contributed by atoms with Crippen LogP contribution >= 0.6 is 27.5 Å². The monoisotopic (exact) mass is 206 g/mol. The SMILES string of the molecule is CC1=CC=C(Br)C(Cl)C1. The van der Waals surface area contributed by atoms with Crippen LogP contribution < -0.4 is 0 Å². The van der Waals surface area contributed by atoms with E-state index in [2.05, 4.69) is 28.9 Å². The zero-order valence-electron chi connectivity index (χ0n) is 5.20. The van der Waals surface area contributed by atoms with E-state index in [0.717, 1.165) is 10.9 Å². The Morgan fingerprint density at radius 1 is 1.67 bits per heavy atom. The third-order valence-corrected chi connectivity index (χ3v) is 2.80. The Morgan fingerprint density at radius 3 is 2.78 bits per heavy atom. The fourth-order valence-corrected chi connectivity index (χ4v) is 1.38. The van der Waals surface area contributed by atoms with Crippen LogP contribution in [0.25, 0.3) is 0 Å². The summed E-state index contributed by atoms with van der Waals surface area (Å²) in [6, 6.07) is 0. The first-order valence-corrected chi connectivity index (χ1v) is 4.10. The summed E-state index contributed by atoms with van der Waals surface area (Å²) in [6.45, 7) is 2.09. The number of hydrogen-bond acceptors (Lipinski definition) is 0. The van der Waals surface area contributed by atoms with Gasteiger partial charge < -0.3 is 0 Å². The minimum absolute atomic E-state index is 0.162. The highest BCUT2D eigenvalue weighted by molar-refractivity contribution is 9.11. The van der Waals surface area contributed by atoms with Gasteiger partial charge in [0.1, 0.15) is 0 Å². The molecule has 0 heterocycles. The predicted molar refractivity (Wildman–Crippen MR) is 45.0 cm³/mol. The Bertz CT molecular complexity index is 170. The van der Waals surface area contributed by atoms with Crippen LogP contribution in [-0.2, 0) is 0 Å². The second-order valence-electron chi connectivity index (χ2n) is 2.24. The molecule has 0 aromatic carbocycles.